The van der Waals surface area contributed by atoms with Crippen molar-refractivity contribution < 1.29 is 14.7 Å². The minimum atomic E-state index is -0.907. The number of carboxylic acid groups (broad SMARTS) is 1. The lowest BCUT2D eigenvalue weighted by Crippen LogP contribution is -2.49. The van der Waals surface area contributed by atoms with Gasteiger partial charge in [-0.2, -0.15) is 0 Å². The quantitative estimate of drug-likeness (QED) is 0.684. The van der Waals surface area contributed by atoms with Crippen molar-refractivity contribution in [3.05, 3.63) is 0 Å². The third-order valence-electron chi connectivity index (χ3n) is 3.34. The average Bonchev–Trinajstić information content (AvgIpc) is 2.73. The lowest BCUT2D eigenvalue weighted by atomic mass is 9.47. The topological polar surface area (TPSA) is 83.6 Å². The van der Waals surface area contributed by atoms with Gasteiger partial charge in [-0.15, -0.1) is 0 Å². The molecule has 96 valence electrons. The molecule has 0 aliphatic carbocycles. The first-order chi connectivity index (χ1) is 7.93. The Hall–Kier alpha value is -1.04. The van der Waals surface area contributed by atoms with Crippen molar-refractivity contribution in [2.75, 3.05) is 6.54 Å². The van der Waals surface area contributed by atoms with Crippen LogP contribution in [0.5, 0.6) is 0 Å². The van der Waals surface area contributed by atoms with Crippen LogP contribution in [0.4, 0.5) is 0 Å². The van der Waals surface area contributed by atoms with Gasteiger partial charge >= 0.3 is 5.97 Å². The first-order valence-corrected chi connectivity index (χ1v) is 6.21. The summed E-state index contributed by atoms with van der Waals surface area (Å²) in [5.74, 6) is -0.740. The maximum absolute atomic E-state index is 12.1. The van der Waals surface area contributed by atoms with E-state index in [2.05, 4.69) is 13.6 Å². The molecule has 5 nitrogen and oxygen atoms in total. The number of hydrogen-bond acceptors (Lipinski definition) is 3. The van der Waals surface area contributed by atoms with E-state index in [1.165, 1.54) is 0 Å². The summed E-state index contributed by atoms with van der Waals surface area (Å²) in [4.78, 5) is 24.4. The Balaban J connectivity index is 2.53. The molecule has 0 saturated carbocycles. The maximum atomic E-state index is 12.1. The number of carboxylic acids is 1. The Morgan fingerprint density at radius 1 is 1.53 bits per heavy atom. The minimum Gasteiger partial charge on any atom is -0.481 e. The average molecular weight is 240 g/mol. The molecular weight excluding hydrogens is 219 g/mol. The van der Waals surface area contributed by atoms with Gasteiger partial charge < -0.3 is 15.7 Å². The molecule has 0 aromatic carbocycles. The fraction of sp³-hybridized carbons (Fsp3) is 0.818. The second-order valence-electron chi connectivity index (χ2n) is 5.02. The van der Waals surface area contributed by atoms with Crippen molar-refractivity contribution in [1.82, 2.24) is 4.90 Å². The van der Waals surface area contributed by atoms with Crippen LogP contribution in [0.3, 0.4) is 0 Å². The number of likely N-dealkylation sites (tertiary alicyclic amines) is 1. The smallest absolute Gasteiger partial charge is 0.303 e. The predicted octanol–water partition coefficient (Wildman–Crippen LogP) is 0.463. The van der Waals surface area contributed by atoms with E-state index in [9.17, 15) is 9.59 Å². The molecule has 0 aromatic rings. The number of hydrogen-bond donors (Lipinski definition) is 2. The van der Waals surface area contributed by atoms with Crippen molar-refractivity contribution in [3.8, 4) is 0 Å². The SMILES string of the molecule is CB(C)C1CCCN1C(=O)C(N)CCC(=O)O. The van der Waals surface area contributed by atoms with Crippen LogP contribution in [0.15, 0.2) is 0 Å². The minimum absolute atomic E-state index is 0.0485. The van der Waals surface area contributed by atoms with Gasteiger partial charge in [0.05, 0.1) is 6.04 Å². The van der Waals surface area contributed by atoms with Crippen LogP contribution in [-0.4, -0.2) is 47.1 Å². The molecule has 1 heterocycles. The number of amides is 1. The molecule has 0 aromatic heterocycles. The van der Waals surface area contributed by atoms with Gasteiger partial charge in [-0.3, -0.25) is 9.59 Å². The lowest BCUT2D eigenvalue weighted by molar-refractivity contribution is -0.137. The number of aliphatic carboxylic acids is 1. The molecule has 1 rings (SSSR count). The Labute approximate surface area is 102 Å². The highest BCUT2D eigenvalue weighted by Gasteiger charge is 2.34. The molecule has 0 radical (unpaired) electrons. The van der Waals surface area contributed by atoms with E-state index < -0.39 is 12.0 Å². The molecule has 2 unspecified atom stereocenters. The zero-order chi connectivity index (χ0) is 13.0. The number of nitrogens with zero attached hydrogens (tertiary/aromatic N) is 1. The third kappa shape index (κ3) is 3.73. The largest absolute Gasteiger partial charge is 0.481 e. The number of carbonyl (C=O) groups is 2. The molecule has 1 saturated heterocycles. The fourth-order valence-electron chi connectivity index (χ4n) is 2.37. The molecule has 3 N–H and O–H groups in total. The predicted molar refractivity (Wildman–Crippen MR) is 67.1 cm³/mol. The second kappa shape index (κ2) is 6.05. The van der Waals surface area contributed by atoms with Crippen LogP contribution < -0.4 is 5.73 Å². The summed E-state index contributed by atoms with van der Waals surface area (Å²) in [6.07, 6.45) is 2.21. The van der Waals surface area contributed by atoms with Gasteiger partial charge in [0, 0.05) is 18.9 Å². The summed E-state index contributed by atoms with van der Waals surface area (Å²) in [6.45, 7) is 5.37. The lowest BCUT2D eigenvalue weighted by Gasteiger charge is -2.29. The summed E-state index contributed by atoms with van der Waals surface area (Å²) in [5.41, 5.74) is 5.75. The van der Waals surface area contributed by atoms with Gasteiger partial charge in [-0.1, -0.05) is 13.6 Å². The van der Waals surface area contributed by atoms with Gasteiger partial charge in [-0.05, 0) is 19.3 Å². The van der Waals surface area contributed by atoms with E-state index in [4.69, 9.17) is 10.8 Å². The number of rotatable bonds is 5. The summed E-state index contributed by atoms with van der Waals surface area (Å²) < 4.78 is 0. The van der Waals surface area contributed by atoms with Gasteiger partial charge in [0.25, 0.3) is 0 Å². The molecule has 1 aliphatic heterocycles. The maximum Gasteiger partial charge on any atom is 0.303 e. The Bertz CT molecular complexity index is 296. The fourth-order valence-corrected chi connectivity index (χ4v) is 2.37. The molecule has 2 atom stereocenters. The van der Waals surface area contributed by atoms with Crippen molar-refractivity contribution in [2.24, 2.45) is 5.73 Å². The van der Waals surface area contributed by atoms with E-state index in [1.807, 2.05) is 4.90 Å². The van der Waals surface area contributed by atoms with E-state index in [-0.39, 0.29) is 24.7 Å². The normalized spacial score (nSPS) is 21.4. The second-order valence-corrected chi connectivity index (χ2v) is 5.02. The standard InChI is InChI=1S/C11H21BN2O3/c1-12(2)9-4-3-7-14(9)11(17)8(13)5-6-10(15)16/h8-9H,3-7,13H2,1-2H3,(H,15,16). The zero-order valence-corrected chi connectivity index (χ0v) is 10.6. The van der Waals surface area contributed by atoms with Crippen molar-refractivity contribution >= 4 is 18.6 Å². The van der Waals surface area contributed by atoms with Gasteiger partial charge in [0.15, 0.2) is 6.71 Å². The Morgan fingerprint density at radius 2 is 2.18 bits per heavy atom. The monoisotopic (exact) mass is 240 g/mol. The van der Waals surface area contributed by atoms with Crippen LogP contribution in [-0.2, 0) is 9.59 Å². The molecule has 0 bridgehead atoms. The van der Waals surface area contributed by atoms with E-state index in [0.717, 1.165) is 19.4 Å². The highest BCUT2D eigenvalue weighted by Crippen LogP contribution is 2.20. The summed E-state index contributed by atoms with van der Waals surface area (Å²) in [5, 5.41) is 8.57. The summed E-state index contributed by atoms with van der Waals surface area (Å²) >= 11 is 0. The molecule has 6 heteroatoms. The van der Waals surface area contributed by atoms with Crippen molar-refractivity contribution in [3.63, 3.8) is 0 Å². The first-order valence-electron chi connectivity index (χ1n) is 6.21. The number of nitrogens with two attached hydrogens (primary N) is 1. The van der Waals surface area contributed by atoms with E-state index in [0.29, 0.717) is 6.71 Å². The molecule has 1 fully saturated rings. The van der Waals surface area contributed by atoms with Crippen LogP contribution in [0, 0.1) is 0 Å². The first kappa shape index (κ1) is 14.0. The van der Waals surface area contributed by atoms with Crippen LogP contribution in [0.1, 0.15) is 25.7 Å². The van der Waals surface area contributed by atoms with E-state index in [1.54, 1.807) is 0 Å². The molecule has 17 heavy (non-hydrogen) atoms. The highest BCUT2D eigenvalue weighted by atomic mass is 16.4. The summed E-state index contributed by atoms with van der Waals surface area (Å²) in [6, 6.07) is -0.676. The van der Waals surface area contributed by atoms with Crippen molar-refractivity contribution in [1.29, 1.82) is 0 Å². The molecule has 0 spiro atoms. The van der Waals surface area contributed by atoms with Gasteiger partial charge in [-0.25, -0.2) is 0 Å². The Morgan fingerprint density at radius 3 is 2.71 bits per heavy atom. The van der Waals surface area contributed by atoms with Crippen LogP contribution in [0.2, 0.25) is 13.6 Å². The zero-order valence-electron chi connectivity index (χ0n) is 10.6. The number of carbonyl (C=O) groups excluding carboxylic acids is 1. The van der Waals surface area contributed by atoms with Crippen LogP contribution >= 0.6 is 0 Å². The van der Waals surface area contributed by atoms with Gasteiger partial charge in [0.2, 0.25) is 5.91 Å². The van der Waals surface area contributed by atoms with E-state index >= 15 is 0 Å². The third-order valence-corrected chi connectivity index (χ3v) is 3.34. The highest BCUT2D eigenvalue weighted by molar-refractivity contribution is 6.57. The molecular formula is C11H21BN2O3. The van der Waals surface area contributed by atoms with Crippen molar-refractivity contribution in [2.45, 2.75) is 51.3 Å². The summed E-state index contributed by atoms with van der Waals surface area (Å²) in [7, 11) is 0. The van der Waals surface area contributed by atoms with Crippen LogP contribution in [0.25, 0.3) is 0 Å². The van der Waals surface area contributed by atoms with Gasteiger partial charge in [0.1, 0.15) is 0 Å². The molecule has 1 aliphatic rings. The Kier molecular flexibility index (Phi) is 4.99. The molecule has 1 amide bonds.